The number of rotatable bonds is 3. The molecule has 1 atom stereocenters. The van der Waals surface area contributed by atoms with Crippen molar-refractivity contribution in [3.63, 3.8) is 0 Å². The fourth-order valence-electron chi connectivity index (χ4n) is 1.94. The van der Waals surface area contributed by atoms with E-state index in [1.165, 1.54) is 16.3 Å². The number of hydrogen-bond donors (Lipinski definition) is 1. The second-order valence-electron chi connectivity index (χ2n) is 3.84. The van der Waals surface area contributed by atoms with Crippen molar-refractivity contribution < 1.29 is 0 Å². The number of nitrogens with two attached hydrogens (primary N) is 1. The Bertz CT molecular complexity index is 446. The second-order valence-corrected chi connectivity index (χ2v) is 3.84. The van der Waals surface area contributed by atoms with Gasteiger partial charge < -0.3 is 5.73 Å². The summed E-state index contributed by atoms with van der Waals surface area (Å²) in [6, 6.07) is 8.42. The molecule has 0 aliphatic heterocycles. The SMILES string of the molecule is CCCC(N)c1cccc2cnccc12. The van der Waals surface area contributed by atoms with E-state index >= 15 is 0 Å². The zero-order chi connectivity index (χ0) is 10.7. The van der Waals surface area contributed by atoms with Crippen LogP contribution in [0.4, 0.5) is 0 Å². The summed E-state index contributed by atoms with van der Waals surface area (Å²) >= 11 is 0. The molecule has 0 saturated carbocycles. The van der Waals surface area contributed by atoms with Gasteiger partial charge >= 0.3 is 0 Å². The molecule has 2 N–H and O–H groups in total. The molecule has 0 amide bonds. The summed E-state index contributed by atoms with van der Waals surface area (Å²) in [5.41, 5.74) is 7.38. The first-order valence-corrected chi connectivity index (χ1v) is 5.41. The summed E-state index contributed by atoms with van der Waals surface area (Å²) in [4.78, 5) is 4.12. The Labute approximate surface area is 90.1 Å². The predicted molar refractivity (Wildman–Crippen MR) is 63.6 cm³/mol. The molecule has 1 aromatic heterocycles. The van der Waals surface area contributed by atoms with Crippen molar-refractivity contribution in [2.75, 3.05) is 0 Å². The van der Waals surface area contributed by atoms with Crippen molar-refractivity contribution in [2.24, 2.45) is 5.73 Å². The first-order valence-electron chi connectivity index (χ1n) is 5.41. The molecule has 2 aromatic rings. The van der Waals surface area contributed by atoms with Gasteiger partial charge in [-0.2, -0.15) is 0 Å². The van der Waals surface area contributed by atoms with Crippen LogP contribution in [0.25, 0.3) is 10.8 Å². The van der Waals surface area contributed by atoms with Crippen LogP contribution >= 0.6 is 0 Å². The van der Waals surface area contributed by atoms with E-state index in [2.05, 4.69) is 30.1 Å². The lowest BCUT2D eigenvalue weighted by Gasteiger charge is -2.13. The van der Waals surface area contributed by atoms with E-state index in [1.807, 2.05) is 18.5 Å². The van der Waals surface area contributed by atoms with Crippen molar-refractivity contribution >= 4 is 10.8 Å². The van der Waals surface area contributed by atoms with Crippen LogP contribution in [0, 0.1) is 0 Å². The summed E-state index contributed by atoms with van der Waals surface area (Å²) in [6.45, 7) is 2.16. The van der Waals surface area contributed by atoms with Crippen LogP contribution in [0.5, 0.6) is 0 Å². The van der Waals surface area contributed by atoms with Gasteiger partial charge in [-0.3, -0.25) is 4.98 Å². The van der Waals surface area contributed by atoms with E-state index in [0.29, 0.717) is 0 Å². The number of benzene rings is 1. The van der Waals surface area contributed by atoms with E-state index in [1.54, 1.807) is 0 Å². The third kappa shape index (κ3) is 2.00. The minimum Gasteiger partial charge on any atom is -0.324 e. The number of aromatic nitrogens is 1. The smallest absolute Gasteiger partial charge is 0.0346 e. The highest BCUT2D eigenvalue weighted by atomic mass is 14.6. The molecular weight excluding hydrogens is 184 g/mol. The number of fused-ring (bicyclic) bond motifs is 1. The average molecular weight is 200 g/mol. The van der Waals surface area contributed by atoms with Gasteiger partial charge in [-0.25, -0.2) is 0 Å². The van der Waals surface area contributed by atoms with Gasteiger partial charge in [-0.1, -0.05) is 31.5 Å². The summed E-state index contributed by atoms with van der Waals surface area (Å²) in [5, 5.41) is 2.40. The molecule has 2 rings (SSSR count). The molecule has 78 valence electrons. The van der Waals surface area contributed by atoms with Gasteiger partial charge in [-0.05, 0) is 23.4 Å². The second kappa shape index (κ2) is 4.41. The number of nitrogens with zero attached hydrogens (tertiary/aromatic N) is 1. The van der Waals surface area contributed by atoms with Crippen molar-refractivity contribution in [3.05, 3.63) is 42.2 Å². The van der Waals surface area contributed by atoms with Crippen LogP contribution in [0.3, 0.4) is 0 Å². The van der Waals surface area contributed by atoms with Crippen molar-refractivity contribution in [2.45, 2.75) is 25.8 Å². The van der Waals surface area contributed by atoms with Crippen LogP contribution in [0.2, 0.25) is 0 Å². The van der Waals surface area contributed by atoms with Crippen molar-refractivity contribution in [1.29, 1.82) is 0 Å². The minimum atomic E-state index is 0.140. The fraction of sp³-hybridized carbons (Fsp3) is 0.308. The molecule has 0 radical (unpaired) electrons. The van der Waals surface area contributed by atoms with E-state index in [-0.39, 0.29) is 6.04 Å². The molecule has 2 nitrogen and oxygen atoms in total. The van der Waals surface area contributed by atoms with E-state index < -0.39 is 0 Å². The maximum absolute atomic E-state index is 6.15. The Morgan fingerprint density at radius 1 is 1.33 bits per heavy atom. The Morgan fingerprint density at radius 2 is 2.20 bits per heavy atom. The Kier molecular flexibility index (Phi) is 2.97. The lowest BCUT2D eigenvalue weighted by atomic mass is 9.98. The maximum Gasteiger partial charge on any atom is 0.0346 e. The molecule has 15 heavy (non-hydrogen) atoms. The highest BCUT2D eigenvalue weighted by Gasteiger charge is 2.07. The monoisotopic (exact) mass is 200 g/mol. The molecule has 0 saturated heterocycles. The van der Waals surface area contributed by atoms with Crippen LogP contribution in [0.1, 0.15) is 31.4 Å². The van der Waals surface area contributed by atoms with Crippen LogP contribution in [0.15, 0.2) is 36.7 Å². The number of hydrogen-bond acceptors (Lipinski definition) is 2. The molecule has 0 aliphatic rings. The van der Waals surface area contributed by atoms with Gasteiger partial charge in [-0.15, -0.1) is 0 Å². The Morgan fingerprint density at radius 3 is 3.00 bits per heavy atom. The van der Waals surface area contributed by atoms with E-state index in [0.717, 1.165) is 12.8 Å². The van der Waals surface area contributed by atoms with Gasteiger partial charge in [0, 0.05) is 23.8 Å². The first kappa shape index (κ1) is 10.1. The highest BCUT2D eigenvalue weighted by molar-refractivity contribution is 5.85. The normalized spacial score (nSPS) is 12.9. The molecule has 1 heterocycles. The quantitative estimate of drug-likeness (QED) is 0.827. The van der Waals surface area contributed by atoms with E-state index in [4.69, 9.17) is 5.73 Å². The summed E-state index contributed by atoms with van der Waals surface area (Å²) in [5.74, 6) is 0. The largest absolute Gasteiger partial charge is 0.324 e. The van der Waals surface area contributed by atoms with Gasteiger partial charge in [0.2, 0.25) is 0 Å². The van der Waals surface area contributed by atoms with Crippen molar-refractivity contribution in [1.82, 2.24) is 4.98 Å². The third-order valence-corrected chi connectivity index (χ3v) is 2.71. The average Bonchev–Trinajstić information content (AvgIpc) is 2.28. The predicted octanol–water partition coefficient (Wildman–Crippen LogP) is 3.03. The molecular formula is C13H16N2. The molecule has 2 heteroatoms. The Hall–Kier alpha value is -1.41. The Balaban J connectivity index is 2.50. The van der Waals surface area contributed by atoms with Gasteiger partial charge in [0.25, 0.3) is 0 Å². The molecule has 1 unspecified atom stereocenters. The summed E-state index contributed by atoms with van der Waals surface area (Å²) < 4.78 is 0. The third-order valence-electron chi connectivity index (χ3n) is 2.71. The first-order chi connectivity index (χ1) is 7.33. The standard InChI is InChI=1S/C13H16N2/c1-2-4-13(14)12-6-3-5-10-9-15-8-7-11(10)12/h3,5-9,13H,2,4,14H2,1H3. The van der Waals surface area contributed by atoms with Gasteiger partial charge in [0.15, 0.2) is 0 Å². The van der Waals surface area contributed by atoms with Gasteiger partial charge in [0.1, 0.15) is 0 Å². The summed E-state index contributed by atoms with van der Waals surface area (Å²) in [7, 11) is 0. The lowest BCUT2D eigenvalue weighted by Crippen LogP contribution is -2.10. The number of pyridine rings is 1. The van der Waals surface area contributed by atoms with Crippen LogP contribution < -0.4 is 5.73 Å². The maximum atomic E-state index is 6.15. The van der Waals surface area contributed by atoms with E-state index in [9.17, 15) is 0 Å². The summed E-state index contributed by atoms with van der Waals surface area (Å²) in [6.07, 6.45) is 5.85. The van der Waals surface area contributed by atoms with Crippen LogP contribution in [-0.4, -0.2) is 4.98 Å². The van der Waals surface area contributed by atoms with Gasteiger partial charge in [0.05, 0.1) is 0 Å². The fourth-order valence-corrected chi connectivity index (χ4v) is 1.94. The molecule has 0 bridgehead atoms. The zero-order valence-electron chi connectivity index (χ0n) is 8.98. The molecule has 0 spiro atoms. The minimum absolute atomic E-state index is 0.140. The molecule has 0 fully saturated rings. The topological polar surface area (TPSA) is 38.9 Å². The lowest BCUT2D eigenvalue weighted by molar-refractivity contribution is 0.642. The zero-order valence-corrected chi connectivity index (χ0v) is 8.98. The highest BCUT2D eigenvalue weighted by Crippen LogP contribution is 2.24. The van der Waals surface area contributed by atoms with Crippen molar-refractivity contribution in [3.8, 4) is 0 Å². The molecule has 0 aliphatic carbocycles. The van der Waals surface area contributed by atoms with Crippen LogP contribution in [-0.2, 0) is 0 Å². The molecule has 1 aromatic carbocycles.